The van der Waals surface area contributed by atoms with Gasteiger partial charge in [0.2, 0.25) is 0 Å². The van der Waals surface area contributed by atoms with Crippen LogP contribution in [-0.2, 0) is 11.3 Å². The van der Waals surface area contributed by atoms with E-state index in [2.05, 4.69) is 10.1 Å². The van der Waals surface area contributed by atoms with Crippen molar-refractivity contribution in [3.05, 3.63) is 12.2 Å². The predicted octanol–water partition coefficient (Wildman–Crippen LogP) is 0.623. The number of aromatic nitrogens is 3. The van der Waals surface area contributed by atoms with Crippen LogP contribution in [0.4, 0.5) is 0 Å². The summed E-state index contributed by atoms with van der Waals surface area (Å²) in [5.74, 6) is 1.47. The van der Waals surface area contributed by atoms with Gasteiger partial charge in [-0.15, -0.1) is 0 Å². The molecule has 1 unspecified atom stereocenters. The van der Waals surface area contributed by atoms with Gasteiger partial charge in [-0.25, -0.2) is 4.98 Å². The zero-order valence-corrected chi connectivity index (χ0v) is 7.23. The van der Waals surface area contributed by atoms with Crippen molar-refractivity contribution in [1.82, 2.24) is 14.8 Å². The van der Waals surface area contributed by atoms with Crippen molar-refractivity contribution in [3.8, 4) is 0 Å². The number of hydrogen-bond acceptors (Lipinski definition) is 3. The summed E-state index contributed by atoms with van der Waals surface area (Å²) in [6.07, 6.45) is 2.94. The highest BCUT2D eigenvalue weighted by Gasteiger charge is 2.16. The van der Waals surface area contributed by atoms with Crippen molar-refractivity contribution >= 4 is 0 Å². The van der Waals surface area contributed by atoms with Gasteiger partial charge >= 0.3 is 0 Å². The van der Waals surface area contributed by atoms with Crippen molar-refractivity contribution in [3.63, 3.8) is 0 Å². The first-order valence-electron chi connectivity index (χ1n) is 4.28. The molecule has 0 amide bonds. The van der Waals surface area contributed by atoms with E-state index in [0.29, 0.717) is 5.92 Å². The van der Waals surface area contributed by atoms with Crippen LogP contribution in [0.25, 0.3) is 0 Å². The Morgan fingerprint density at radius 1 is 1.75 bits per heavy atom. The first kappa shape index (κ1) is 7.73. The molecule has 66 valence electrons. The Labute approximate surface area is 71.6 Å². The van der Waals surface area contributed by atoms with Crippen molar-refractivity contribution < 1.29 is 4.74 Å². The van der Waals surface area contributed by atoms with Gasteiger partial charge in [-0.3, -0.25) is 4.68 Å². The van der Waals surface area contributed by atoms with Crippen LogP contribution in [0.5, 0.6) is 0 Å². The van der Waals surface area contributed by atoms with Crippen LogP contribution in [0.15, 0.2) is 6.33 Å². The molecule has 0 spiro atoms. The van der Waals surface area contributed by atoms with Gasteiger partial charge in [-0.2, -0.15) is 5.10 Å². The summed E-state index contributed by atoms with van der Waals surface area (Å²) < 4.78 is 7.17. The molecule has 1 fully saturated rings. The second kappa shape index (κ2) is 3.23. The molecule has 1 aliphatic heterocycles. The fourth-order valence-corrected chi connectivity index (χ4v) is 1.47. The van der Waals surface area contributed by atoms with E-state index in [1.807, 2.05) is 11.6 Å². The minimum Gasteiger partial charge on any atom is -0.381 e. The number of nitrogens with zero attached hydrogens (tertiary/aromatic N) is 3. The Hall–Kier alpha value is -0.900. The SMILES string of the molecule is Cc1ncn(CC2CCOC2)n1. The molecule has 2 heterocycles. The standard InChI is InChI=1S/C8H13N3O/c1-7-9-6-11(10-7)4-8-2-3-12-5-8/h6,8H,2-5H2,1H3. The third-order valence-corrected chi connectivity index (χ3v) is 2.12. The summed E-state index contributed by atoms with van der Waals surface area (Å²) in [5.41, 5.74) is 0. The highest BCUT2D eigenvalue weighted by atomic mass is 16.5. The normalized spacial score (nSPS) is 23.2. The van der Waals surface area contributed by atoms with Gasteiger partial charge in [-0.1, -0.05) is 0 Å². The van der Waals surface area contributed by atoms with Gasteiger partial charge in [0, 0.05) is 19.1 Å². The summed E-state index contributed by atoms with van der Waals surface area (Å²) in [6.45, 7) is 4.62. The van der Waals surface area contributed by atoms with Gasteiger partial charge in [0.05, 0.1) is 6.61 Å². The highest BCUT2D eigenvalue weighted by Crippen LogP contribution is 2.13. The van der Waals surface area contributed by atoms with Crippen LogP contribution in [-0.4, -0.2) is 28.0 Å². The average molecular weight is 167 g/mol. The van der Waals surface area contributed by atoms with E-state index in [4.69, 9.17) is 4.74 Å². The topological polar surface area (TPSA) is 39.9 Å². The second-order valence-corrected chi connectivity index (χ2v) is 3.24. The number of aryl methyl sites for hydroxylation is 1. The van der Waals surface area contributed by atoms with Crippen molar-refractivity contribution in [2.24, 2.45) is 5.92 Å². The molecule has 2 rings (SSSR count). The monoisotopic (exact) mass is 167 g/mol. The molecular formula is C8H13N3O. The minimum absolute atomic E-state index is 0.631. The molecule has 12 heavy (non-hydrogen) atoms. The molecule has 1 aromatic rings. The van der Waals surface area contributed by atoms with Crippen LogP contribution in [0, 0.1) is 12.8 Å². The molecule has 0 aliphatic carbocycles. The first-order valence-corrected chi connectivity index (χ1v) is 4.28. The largest absolute Gasteiger partial charge is 0.381 e. The predicted molar refractivity (Wildman–Crippen MR) is 43.7 cm³/mol. The molecule has 0 bridgehead atoms. The molecule has 0 radical (unpaired) electrons. The fraction of sp³-hybridized carbons (Fsp3) is 0.750. The van der Waals surface area contributed by atoms with Crippen molar-refractivity contribution in [1.29, 1.82) is 0 Å². The first-order chi connectivity index (χ1) is 5.84. The quantitative estimate of drug-likeness (QED) is 0.648. The third kappa shape index (κ3) is 1.64. The maximum Gasteiger partial charge on any atom is 0.147 e. The van der Waals surface area contributed by atoms with Crippen LogP contribution in [0.1, 0.15) is 12.2 Å². The van der Waals surface area contributed by atoms with Crippen LogP contribution in [0.2, 0.25) is 0 Å². The van der Waals surface area contributed by atoms with Gasteiger partial charge in [0.25, 0.3) is 0 Å². The minimum atomic E-state index is 0.631. The summed E-state index contributed by atoms with van der Waals surface area (Å²) in [4.78, 5) is 4.07. The lowest BCUT2D eigenvalue weighted by molar-refractivity contribution is 0.181. The Bertz CT molecular complexity index is 253. The van der Waals surface area contributed by atoms with E-state index >= 15 is 0 Å². The van der Waals surface area contributed by atoms with Crippen LogP contribution >= 0.6 is 0 Å². The molecule has 4 heteroatoms. The number of hydrogen-bond donors (Lipinski definition) is 0. The second-order valence-electron chi connectivity index (χ2n) is 3.24. The van der Waals surface area contributed by atoms with E-state index < -0.39 is 0 Å². The Morgan fingerprint density at radius 2 is 2.67 bits per heavy atom. The zero-order valence-electron chi connectivity index (χ0n) is 7.23. The van der Waals surface area contributed by atoms with Gasteiger partial charge in [0.15, 0.2) is 0 Å². The number of ether oxygens (including phenoxy) is 1. The van der Waals surface area contributed by atoms with Crippen molar-refractivity contribution in [2.75, 3.05) is 13.2 Å². The molecule has 1 atom stereocenters. The zero-order chi connectivity index (χ0) is 8.39. The van der Waals surface area contributed by atoms with Gasteiger partial charge in [0.1, 0.15) is 12.2 Å². The van der Waals surface area contributed by atoms with E-state index in [1.165, 1.54) is 0 Å². The van der Waals surface area contributed by atoms with Gasteiger partial charge in [-0.05, 0) is 13.3 Å². The maximum atomic E-state index is 5.27. The Morgan fingerprint density at radius 3 is 3.25 bits per heavy atom. The maximum absolute atomic E-state index is 5.27. The summed E-state index contributed by atoms with van der Waals surface area (Å²) in [7, 11) is 0. The molecule has 4 nitrogen and oxygen atoms in total. The molecule has 1 saturated heterocycles. The molecular weight excluding hydrogens is 154 g/mol. The van der Waals surface area contributed by atoms with Crippen molar-refractivity contribution in [2.45, 2.75) is 19.9 Å². The highest BCUT2D eigenvalue weighted by molar-refractivity contribution is 4.76. The molecule has 0 aromatic carbocycles. The lowest BCUT2D eigenvalue weighted by atomic mass is 10.1. The summed E-state index contributed by atoms with van der Waals surface area (Å²) in [6, 6.07) is 0. The Kier molecular flexibility index (Phi) is 2.08. The van der Waals surface area contributed by atoms with E-state index in [0.717, 1.165) is 32.0 Å². The smallest absolute Gasteiger partial charge is 0.147 e. The lowest BCUT2D eigenvalue weighted by Crippen LogP contribution is -2.10. The van der Waals surface area contributed by atoms with Gasteiger partial charge < -0.3 is 4.74 Å². The molecule has 1 aromatic heterocycles. The number of rotatable bonds is 2. The molecule has 0 N–H and O–H groups in total. The summed E-state index contributed by atoms with van der Waals surface area (Å²) >= 11 is 0. The Balaban J connectivity index is 1.94. The summed E-state index contributed by atoms with van der Waals surface area (Å²) in [5, 5.41) is 4.22. The average Bonchev–Trinajstić information content (AvgIpc) is 2.63. The van der Waals surface area contributed by atoms with Crippen LogP contribution < -0.4 is 0 Å². The van der Waals surface area contributed by atoms with E-state index in [-0.39, 0.29) is 0 Å². The molecule has 0 saturated carbocycles. The van der Waals surface area contributed by atoms with Crippen LogP contribution in [0.3, 0.4) is 0 Å². The van der Waals surface area contributed by atoms with E-state index in [9.17, 15) is 0 Å². The van der Waals surface area contributed by atoms with E-state index in [1.54, 1.807) is 6.33 Å². The third-order valence-electron chi connectivity index (χ3n) is 2.12. The fourth-order valence-electron chi connectivity index (χ4n) is 1.47. The lowest BCUT2D eigenvalue weighted by Gasteiger charge is -2.05. The molecule has 1 aliphatic rings.